The second-order valence-electron chi connectivity index (χ2n) is 11.6. The van der Waals surface area contributed by atoms with Crippen molar-refractivity contribution < 1.29 is 37.8 Å². The molecule has 6 aliphatic rings. The van der Waals surface area contributed by atoms with E-state index in [1.165, 1.54) is 0 Å². The molecule has 0 aromatic rings. The molecule has 2 N–H and O–H groups in total. The molecular formula is C22H29F3N2O5. The Kier molecular flexibility index (Phi) is 4.39. The van der Waals surface area contributed by atoms with Gasteiger partial charge < -0.3 is 20.0 Å². The number of carboxylic acids is 1. The summed E-state index contributed by atoms with van der Waals surface area (Å²) in [6, 6.07) is -1.09. The lowest BCUT2D eigenvalue weighted by molar-refractivity contribution is -0.214. The smallest absolute Gasteiger partial charge is 0.471 e. The summed E-state index contributed by atoms with van der Waals surface area (Å²) in [5.74, 6) is -4.22. The SMILES string of the molecule is CC1(C)C2CN(C(=O)CN(C(=O)C(F)(F)F)C34C[C@@H]5C[C@H](CC(O)(C5)C3)C4)C(C(=O)O)C21. The first-order valence-electron chi connectivity index (χ1n) is 11.3. The van der Waals surface area contributed by atoms with Gasteiger partial charge in [-0.15, -0.1) is 0 Å². The number of hydrogen-bond acceptors (Lipinski definition) is 4. The van der Waals surface area contributed by atoms with E-state index in [-0.39, 0.29) is 42.1 Å². The van der Waals surface area contributed by atoms with Crippen LogP contribution in [0.3, 0.4) is 0 Å². The highest BCUT2D eigenvalue weighted by Gasteiger charge is 2.70. The number of carboxylic acid groups (broad SMARTS) is 1. The summed E-state index contributed by atoms with van der Waals surface area (Å²) in [6.07, 6.45) is -2.62. The molecule has 0 aromatic heterocycles. The average Bonchev–Trinajstić information content (AvgIpc) is 2.98. The summed E-state index contributed by atoms with van der Waals surface area (Å²) in [6.45, 7) is 3.21. The molecule has 4 bridgehead atoms. The van der Waals surface area contributed by atoms with Crippen LogP contribution in [-0.2, 0) is 14.4 Å². The van der Waals surface area contributed by atoms with Gasteiger partial charge in [0, 0.05) is 18.0 Å². The van der Waals surface area contributed by atoms with Gasteiger partial charge in [0.15, 0.2) is 0 Å². The molecule has 3 unspecified atom stereocenters. The van der Waals surface area contributed by atoms with E-state index in [1.807, 2.05) is 13.8 Å². The van der Waals surface area contributed by atoms with Crippen molar-refractivity contribution in [2.24, 2.45) is 29.1 Å². The normalized spacial score (nSPS) is 43.2. The van der Waals surface area contributed by atoms with Crippen LogP contribution in [0.4, 0.5) is 13.2 Å². The first-order chi connectivity index (χ1) is 14.7. The van der Waals surface area contributed by atoms with Gasteiger partial charge in [0.05, 0.1) is 5.60 Å². The highest BCUT2D eigenvalue weighted by Crippen LogP contribution is 2.65. The van der Waals surface area contributed by atoms with Crippen molar-refractivity contribution in [2.45, 2.75) is 75.7 Å². The van der Waals surface area contributed by atoms with Crippen LogP contribution in [0.1, 0.15) is 52.4 Å². The molecule has 6 rings (SSSR count). The molecule has 1 saturated heterocycles. The highest BCUT2D eigenvalue weighted by molar-refractivity contribution is 5.91. The lowest BCUT2D eigenvalue weighted by Crippen LogP contribution is -2.69. The first-order valence-corrected chi connectivity index (χ1v) is 11.3. The van der Waals surface area contributed by atoms with Crippen molar-refractivity contribution >= 4 is 17.8 Å². The van der Waals surface area contributed by atoms with E-state index in [0.717, 1.165) is 11.3 Å². The Balaban J connectivity index is 1.44. The fourth-order valence-electron chi connectivity index (χ4n) is 8.14. The molecule has 5 aliphatic carbocycles. The van der Waals surface area contributed by atoms with Crippen molar-refractivity contribution in [1.82, 2.24) is 9.80 Å². The number of carbonyl (C=O) groups excluding carboxylic acids is 2. The summed E-state index contributed by atoms with van der Waals surface area (Å²) in [4.78, 5) is 39.4. The van der Waals surface area contributed by atoms with E-state index < -0.39 is 47.7 Å². The lowest BCUT2D eigenvalue weighted by Gasteiger charge is -2.63. The third-order valence-corrected chi connectivity index (χ3v) is 9.13. The quantitative estimate of drug-likeness (QED) is 0.672. The standard InChI is InChI=1S/C22H29F3N2O5/c1-19(2)13-8-26(16(15(13)19)17(29)30)14(28)9-27(18(31)22(23,24)25)20-4-11-3-12(5-20)7-21(32,6-11)10-20/h11-13,15-16,32H,3-10H2,1-2H3,(H,29,30)/t11-,12-,13?,15?,16?,20?,21?/m0/s1. The monoisotopic (exact) mass is 458 g/mol. The van der Waals surface area contributed by atoms with Crippen LogP contribution in [-0.4, -0.2) is 74.2 Å². The number of piperidine rings is 1. The number of fused-ring (bicyclic) bond motifs is 1. The van der Waals surface area contributed by atoms with Gasteiger partial charge in [-0.1, -0.05) is 13.8 Å². The predicted octanol–water partition coefficient (Wildman–Crippen LogP) is 2.03. The minimum Gasteiger partial charge on any atom is -0.480 e. The van der Waals surface area contributed by atoms with Gasteiger partial charge in [-0.3, -0.25) is 9.59 Å². The molecule has 2 amide bonds. The van der Waals surface area contributed by atoms with E-state index in [1.54, 1.807) is 0 Å². The van der Waals surface area contributed by atoms with Gasteiger partial charge in [-0.2, -0.15) is 13.2 Å². The van der Waals surface area contributed by atoms with Crippen LogP contribution in [0.25, 0.3) is 0 Å². The molecule has 0 spiro atoms. The Morgan fingerprint density at radius 1 is 1.09 bits per heavy atom. The Morgan fingerprint density at radius 3 is 2.19 bits per heavy atom. The van der Waals surface area contributed by atoms with Crippen LogP contribution >= 0.6 is 0 Å². The molecule has 7 nitrogen and oxygen atoms in total. The summed E-state index contributed by atoms with van der Waals surface area (Å²) in [5.41, 5.74) is -2.56. The van der Waals surface area contributed by atoms with Gasteiger partial charge in [0.1, 0.15) is 12.6 Å². The first kappa shape index (κ1) is 22.0. The van der Waals surface area contributed by atoms with Gasteiger partial charge in [0.2, 0.25) is 5.91 Å². The highest BCUT2D eigenvalue weighted by atomic mass is 19.4. The molecule has 1 aliphatic heterocycles. The lowest BCUT2D eigenvalue weighted by atomic mass is 9.50. The number of rotatable bonds is 4. The zero-order chi connectivity index (χ0) is 23.4. The Morgan fingerprint density at radius 2 is 1.69 bits per heavy atom. The molecule has 0 aromatic carbocycles. The molecule has 10 heteroatoms. The van der Waals surface area contributed by atoms with Crippen LogP contribution in [0.2, 0.25) is 0 Å². The minimum absolute atomic E-state index is 0.0143. The summed E-state index contributed by atoms with van der Waals surface area (Å²) in [5, 5.41) is 20.7. The Labute approximate surface area is 183 Å². The molecule has 5 saturated carbocycles. The van der Waals surface area contributed by atoms with Crippen LogP contribution in [0.15, 0.2) is 0 Å². The molecule has 0 radical (unpaired) electrons. The third kappa shape index (κ3) is 3.08. The summed E-state index contributed by atoms with van der Waals surface area (Å²) >= 11 is 0. The Bertz CT molecular complexity index is 873. The van der Waals surface area contributed by atoms with E-state index >= 15 is 0 Å². The molecule has 178 valence electrons. The fraction of sp³-hybridized carbons (Fsp3) is 0.864. The van der Waals surface area contributed by atoms with E-state index in [4.69, 9.17) is 0 Å². The maximum absolute atomic E-state index is 13.6. The number of aliphatic hydroxyl groups is 1. The summed E-state index contributed by atoms with van der Waals surface area (Å²) in [7, 11) is 0. The minimum atomic E-state index is -5.16. The van der Waals surface area contributed by atoms with Crippen molar-refractivity contribution in [2.75, 3.05) is 13.1 Å². The fourth-order valence-corrected chi connectivity index (χ4v) is 8.14. The number of likely N-dealkylation sites (tertiary alicyclic amines) is 1. The van der Waals surface area contributed by atoms with E-state index in [2.05, 4.69) is 0 Å². The van der Waals surface area contributed by atoms with Crippen molar-refractivity contribution in [3.8, 4) is 0 Å². The largest absolute Gasteiger partial charge is 0.480 e. The van der Waals surface area contributed by atoms with E-state index in [0.29, 0.717) is 30.6 Å². The number of carbonyl (C=O) groups is 3. The zero-order valence-electron chi connectivity index (χ0n) is 18.2. The number of hydrogen-bond donors (Lipinski definition) is 2. The number of alkyl halides is 3. The predicted molar refractivity (Wildman–Crippen MR) is 104 cm³/mol. The molecule has 5 atom stereocenters. The van der Waals surface area contributed by atoms with Gasteiger partial charge in [0.25, 0.3) is 0 Å². The number of halogens is 3. The maximum Gasteiger partial charge on any atom is 0.471 e. The van der Waals surface area contributed by atoms with E-state index in [9.17, 15) is 37.8 Å². The van der Waals surface area contributed by atoms with Crippen molar-refractivity contribution in [3.63, 3.8) is 0 Å². The molecule has 32 heavy (non-hydrogen) atoms. The maximum atomic E-state index is 13.6. The van der Waals surface area contributed by atoms with Crippen molar-refractivity contribution in [3.05, 3.63) is 0 Å². The van der Waals surface area contributed by atoms with Gasteiger partial charge in [-0.05, 0) is 61.7 Å². The average molecular weight is 458 g/mol. The third-order valence-electron chi connectivity index (χ3n) is 9.13. The van der Waals surface area contributed by atoms with Gasteiger partial charge >= 0.3 is 18.1 Å². The van der Waals surface area contributed by atoms with Gasteiger partial charge in [-0.25, -0.2) is 4.79 Å². The van der Waals surface area contributed by atoms with Crippen LogP contribution in [0, 0.1) is 29.1 Å². The topological polar surface area (TPSA) is 98.2 Å². The second kappa shape index (κ2) is 6.39. The molecular weight excluding hydrogens is 429 g/mol. The number of aliphatic carboxylic acids is 1. The van der Waals surface area contributed by atoms with Crippen LogP contribution < -0.4 is 0 Å². The Hall–Kier alpha value is -1.84. The second-order valence-corrected chi connectivity index (χ2v) is 11.6. The molecule has 6 fully saturated rings. The molecule has 1 heterocycles. The number of nitrogens with zero attached hydrogens (tertiary/aromatic N) is 2. The van der Waals surface area contributed by atoms with Crippen LogP contribution in [0.5, 0.6) is 0 Å². The summed E-state index contributed by atoms with van der Waals surface area (Å²) < 4.78 is 40.8. The number of amides is 2. The van der Waals surface area contributed by atoms with Crippen molar-refractivity contribution in [1.29, 1.82) is 0 Å². The zero-order valence-corrected chi connectivity index (χ0v) is 18.2.